The van der Waals surface area contributed by atoms with E-state index < -0.39 is 26.4 Å². The molecule has 0 aliphatic rings. The molecule has 0 saturated carbocycles. The van der Waals surface area contributed by atoms with Gasteiger partial charge in [-0.1, -0.05) is 0 Å². The zero-order chi connectivity index (χ0) is 33.0. The lowest BCUT2D eigenvalue weighted by molar-refractivity contribution is 0.0688. The zero-order valence-electron chi connectivity index (χ0n) is 29.9. The van der Waals surface area contributed by atoms with Crippen molar-refractivity contribution in [3.05, 3.63) is 0 Å². The van der Waals surface area contributed by atoms with Crippen molar-refractivity contribution in [1.82, 2.24) is 4.90 Å². The van der Waals surface area contributed by atoms with Gasteiger partial charge in [-0.15, -0.1) is 0 Å². The van der Waals surface area contributed by atoms with E-state index in [1.165, 1.54) is 0 Å². The maximum atomic E-state index is 6.11. The molecule has 0 spiro atoms. The summed E-state index contributed by atoms with van der Waals surface area (Å²) in [4.78, 5) is 2.57. The van der Waals surface area contributed by atoms with E-state index in [4.69, 9.17) is 39.8 Å². The highest BCUT2D eigenvalue weighted by Gasteiger charge is 2.41. The Balaban J connectivity index is 5.14. The Morgan fingerprint density at radius 3 is 0.909 bits per heavy atom. The van der Waals surface area contributed by atoms with Crippen LogP contribution in [-0.2, 0) is 39.8 Å². The first-order valence-electron chi connectivity index (χ1n) is 17.4. The van der Waals surface area contributed by atoms with Gasteiger partial charge < -0.3 is 44.7 Å². The second kappa shape index (κ2) is 28.6. The molecular weight excluding hydrogens is 635 g/mol. The highest BCUT2D eigenvalue weighted by Crippen LogP contribution is 2.22. The third-order valence-corrected chi connectivity index (χ3v) is 17.3. The largest absolute Gasteiger partial charge is 0.500 e. The summed E-state index contributed by atoms with van der Waals surface area (Å²) in [5.74, 6) is 2.20. The summed E-state index contributed by atoms with van der Waals surface area (Å²) in [5.41, 5.74) is 0. The Hall–Kier alpha value is 0.601. The minimum Gasteiger partial charge on any atom is -0.374 e. The molecule has 0 atom stereocenters. The van der Waals surface area contributed by atoms with Gasteiger partial charge in [-0.3, -0.25) is 0 Å². The van der Waals surface area contributed by atoms with Crippen molar-refractivity contribution in [2.45, 2.75) is 106 Å². The van der Waals surface area contributed by atoms with Gasteiger partial charge in [-0.2, -0.15) is 11.8 Å². The molecule has 0 N–H and O–H groups in total. The van der Waals surface area contributed by atoms with Crippen LogP contribution in [0.3, 0.4) is 0 Å². The predicted molar refractivity (Wildman–Crippen MR) is 189 cm³/mol. The second-order valence-corrected chi connectivity index (χ2v) is 19.5. The van der Waals surface area contributed by atoms with Crippen molar-refractivity contribution in [2.75, 3.05) is 90.6 Å². The molecule has 0 radical (unpaired) electrons. The lowest BCUT2D eigenvalue weighted by Crippen LogP contribution is -2.47. The van der Waals surface area contributed by atoms with Gasteiger partial charge in [0, 0.05) is 77.6 Å². The third-order valence-electron chi connectivity index (χ3n) is 6.73. The van der Waals surface area contributed by atoms with E-state index >= 15 is 0 Å². The van der Waals surface area contributed by atoms with E-state index in [9.17, 15) is 0 Å². The molecular formula is C30H69NO9SSi3. The molecule has 0 heterocycles. The van der Waals surface area contributed by atoms with Crippen LogP contribution in [0.4, 0.5) is 0 Å². The summed E-state index contributed by atoms with van der Waals surface area (Å²) in [7, 11) is -7.86. The summed E-state index contributed by atoms with van der Waals surface area (Å²) in [5, 5.41) is 0. The second-order valence-electron chi connectivity index (χ2n) is 10.1. The molecule has 0 aliphatic heterocycles. The SMILES string of the molecule is CCO[Si](CCCSCCCN(CCC[Si](OCC)(OCC)OCC)CCC[Si](OCC)(OCC)OCC)(OCC)OCC. The van der Waals surface area contributed by atoms with Crippen molar-refractivity contribution in [3.8, 4) is 0 Å². The van der Waals surface area contributed by atoms with Gasteiger partial charge >= 0.3 is 26.4 Å². The standard InChI is InChI=1S/C30H69NO9SSi3/c1-10-32-42(33-11-2,34-12-3)28-20-24-31(25-21-29-43(35-13-4,36-14-5)37-15-6)23-19-26-41-27-22-30-44(38-16-7,39-17-8)40-18-9/h10-30H2,1-9H3. The van der Waals surface area contributed by atoms with Gasteiger partial charge in [0.25, 0.3) is 0 Å². The van der Waals surface area contributed by atoms with Gasteiger partial charge in [-0.25, -0.2) is 0 Å². The quantitative estimate of drug-likeness (QED) is 0.0529. The molecule has 0 aliphatic carbocycles. The van der Waals surface area contributed by atoms with Crippen LogP contribution in [-0.4, -0.2) is 122 Å². The average molecular weight is 704 g/mol. The molecule has 0 fully saturated rings. The van der Waals surface area contributed by atoms with Gasteiger partial charge in [0.2, 0.25) is 0 Å². The van der Waals surface area contributed by atoms with Crippen LogP contribution in [0, 0.1) is 0 Å². The number of rotatable bonds is 34. The Morgan fingerprint density at radius 1 is 0.364 bits per heavy atom. The molecule has 0 aromatic carbocycles. The fourth-order valence-electron chi connectivity index (χ4n) is 5.26. The summed E-state index contributed by atoms with van der Waals surface area (Å²) in [6.07, 6.45) is 4.12. The first-order valence-corrected chi connectivity index (χ1v) is 24.3. The van der Waals surface area contributed by atoms with Crippen molar-refractivity contribution in [1.29, 1.82) is 0 Å². The van der Waals surface area contributed by atoms with Crippen molar-refractivity contribution < 1.29 is 39.8 Å². The topological polar surface area (TPSA) is 86.3 Å². The molecule has 0 unspecified atom stereocenters. The van der Waals surface area contributed by atoms with E-state index in [0.717, 1.165) is 75.0 Å². The normalized spacial score (nSPS) is 13.0. The maximum absolute atomic E-state index is 6.11. The third kappa shape index (κ3) is 19.4. The molecule has 10 nitrogen and oxygen atoms in total. The number of hydrogen-bond donors (Lipinski definition) is 0. The van der Waals surface area contributed by atoms with Crippen molar-refractivity contribution >= 4 is 38.2 Å². The van der Waals surface area contributed by atoms with Gasteiger partial charge in [0.1, 0.15) is 0 Å². The molecule has 266 valence electrons. The van der Waals surface area contributed by atoms with Crippen LogP contribution < -0.4 is 0 Å². The highest BCUT2D eigenvalue weighted by molar-refractivity contribution is 7.99. The number of thioether (sulfide) groups is 1. The van der Waals surface area contributed by atoms with Crippen molar-refractivity contribution in [2.24, 2.45) is 0 Å². The first-order chi connectivity index (χ1) is 21.3. The smallest absolute Gasteiger partial charge is 0.374 e. The predicted octanol–water partition coefficient (Wildman–Crippen LogP) is 6.73. The molecule has 44 heavy (non-hydrogen) atoms. The minimum absolute atomic E-state index is 0.607. The molecule has 0 rings (SSSR count). The summed E-state index contributed by atoms with van der Waals surface area (Å²) >= 11 is 2.01. The van der Waals surface area contributed by atoms with Gasteiger partial charge in [-0.05, 0) is 119 Å². The van der Waals surface area contributed by atoms with Crippen LogP contribution in [0.2, 0.25) is 18.1 Å². The monoisotopic (exact) mass is 703 g/mol. The highest BCUT2D eigenvalue weighted by atomic mass is 32.2. The molecule has 0 amide bonds. The van der Waals surface area contributed by atoms with E-state index in [-0.39, 0.29) is 0 Å². The fourth-order valence-corrected chi connectivity index (χ4v) is 14.2. The summed E-state index contributed by atoms with van der Waals surface area (Å²) < 4.78 is 54.7. The molecule has 0 aromatic heterocycles. The maximum Gasteiger partial charge on any atom is 0.500 e. The fraction of sp³-hybridized carbons (Fsp3) is 1.00. The van der Waals surface area contributed by atoms with Crippen LogP contribution in [0.15, 0.2) is 0 Å². The lowest BCUT2D eigenvalue weighted by Gasteiger charge is -2.31. The zero-order valence-corrected chi connectivity index (χ0v) is 33.7. The Labute approximate surface area is 278 Å². The number of hydrogen-bond acceptors (Lipinski definition) is 11. The van der Waals surface area contributed by atoms with Crippen LogP contribution in [0.5, 0.6) is 0 Å². The van der Waals surface area contributed by atoms with Crippen LogP contribution in [0.25, 0.3) is 0 Å². The Morgan fingerprint density at radius 2 is 0.614 bits per heavy atom. The minimum atomic E-state index is -2.65. The first kappa shape index (κ1) is 44.6. The molecule has 0 bridgehead atoms. The van der Waals surface area contributed by atoms with E-state index in [0.29, 0.717) is 59.5 Å². The lowest BCUT2D eigenvalue weighted by atomic mass is 10.3. The van der Waals surface area contributed by atoms with Crippen molar-refractivity contribution in [3.63, 3.8) is 0 Å². The molecule has 0 aromatic rings. The Bertz CT molecular complexity index is 564. The Kier molecular flexibility index (Phi) is 29.0. The van der Waals surface area contributed by atoms with Crippen LogP contribution in [0.1, 0.15) is 88.0 Å². The molecule has 14 heteroatoms. The summed E-state index contributed by atoms with van der Waals surface area (Å²) in [6, 6.07) is 2.53. The van der Waals surface area contributed by atoms with E-state index in [1.54, 1.807) is 0 Å². The van der Waals surface area contributed by atoms with Gasteiger partial charge in [0.15, 0.2) is 0 Å². The van der Waals surface area contributed by atoms with E-state index in [2.05, 4.69) is 4.90 Å². The van der Waals surface area contributed by atoms with E-state index in [1.807, 2.05) is 74.1 Å². The average Bonchev–Trinajstić information content (AvgIpc) is 2.97. The van der Waals surface area contributed by atoms with Gasteiger partial charge in [0.05, 0.1) is 0 Å². The van der Waals surface area contributed by atoms with Crippen LogP contribution >= 0.6 is 11.8 Å². The number of nitrogens with zero attached hydrogens (tertiary/aromatic N) is 1. The summed E-state index contributed by atoms with van der Waals surface area (Å²) in [6.45, 7) is 26.7. The molecule has 0 saturated heterocycles.